The number of carboxylic acids is 1. The van der Waals surface area contributed by atoms with Gasteiger partial charge in [0.05, 0.1) is 6.61 Å². The molecule has 6 heteroatoms. The molecule has 0 aromatic heterocycles. The van der Waals surface area contributed by atoms with Crippen molar-refractivity contribution in [2.45, 2.75) is 25.3 Å². The van der Waals surface area contributed by atoms with Crippen molar-refractivity contribution in [2.24, 2.45) is 5.73 Å². The third kappa shape index (κ3) is 7.02. The van der Waals surface area contributed by atoms with Crippen LogP contribution in [-0.4, -0.2) is 23.7 Å². The fourth-order valence-electron chi connectivity index (χ4n) is 2.01. The van der Waals surface area contributed by atoms with Gasteiger partial charge >= 0.3 is 5.97 Å². The van der Waals surface area contributed by atoms with E-state index in [1.807, 2.05) is 54.6 Å². The van der Waals surface area contributed by atoms with Gasteiger partial charge in [-0.15, -0.1) is 17.0 Å². The van der Waals surface area contributed by atoms with Gasteiger partial charge in [-0.3, -0.25) is 4.79 Å². The molecule has 0 aliphatic carbocycles. The fourth-order valence-corrected chi connectivity index (χ4v) is 2.01. The van der Waals surface area contributed by atoms with Crippen LogP contribution >= 0.6 is 17.0 Å². The maximum absolute atomic E-state index is 10.6. The summed E-state index contributed by atoms with van der Waals surface area (Å²) in [7, 11) is 0. The first kappa shape index (κ1) is 20.0. The molecular weight excluding hydrogens is 374 g/mol. The first-order valence-electron chi connectivity index (χ1n) is 7.59. The maximum Gasteiger partial charge on any atom is 0.320 e. The number of rotatable bonds is 9. The molecule has 1 unspecified atom stereocenters. The van der Waals surface area contributed by atoms with Crippen LogP contribution in [0.15, 0.2) is 54.6 Å². The zero-order valence-corrected chi connectivity index (χ0v) is 15.0. The molecule has 0 spiro atoms. The first-order chi connectivity index (χ1) is 11.1. The summed E-state index contributed by atoms with van der Waals surface area (Å²) in [6.45, 7) is 0.533. The molecule has 0 aliphatic heterocycles. The van der Waals surface area contributed by atoms with Crippen LogP contribution in [0.1, 0.15) is 19.3 Å². The van der Waals surface area contributed by atoms with Crippen molar-refractivity contribution in [1.82, 2.24) is 0 Å². The Morgan fingerprint density at radius 2 is 1.54 bits per heavy atom. The van der Waals surface area contributed by atoms with Crippen LogP contribution in [0, 0.1) is 0 Å². The van der Waals surface area contributed by atoms with Crippen LogP contribution in [0.4, 0.5) is 0 Å². The summed E-state index contributed by atoms with van der Waals surface area (Å²) in [6.07, 6.45) is 1.95. The van der Waals surface area contributed by atoms with Gasteiger partial charge in [0, 0.05) is 0 Å². The van der Waals surface area contributed by atoms with Crippen molar-refractivity contribution in [3.63, 3.8) is 0 Å². The summed E-state index contributed by atoms with van der Waals surface area (Å²) in [4.78, 5) is 10.6. The number of para-hydroxylation sites is 1. The average molecular weight is 396 g/mol. The largest absolute Gasteiger partial charge is 0.494 e. The highest BCUT2D eigenvalue weighted by atomic mass is 79.9. The highest BCUT2D eigenvalue weighted by Gasteiger charge is 2.09. The summed E-state index contributed by atoms with van der Waals surface area (Å²) in [5, 5.41) is 8.68. The van der Waals surface area contributed by atoms with E-state index in [0.717, 1.165) is 30.1 Å². The van der Waals surface area contributed by atoms with Crippen LogP contribution in [0.2, 0.25) is 0 Å². The van der Waals surface area contributed by atoms with Gasteiger partial charge in [0.15, 0.2) is 0 Å². The Balaban J connectivity index is 0.00000288. The Labute approximate surface area is 152 Å². The number of halogens is 1. The molecule has 5 nitrogen and oxygen atoms in total. The van der Waals surface area contributed by atoms with Crippen molar-refractivity contribution < 1.29 is 19.4 Å². The topological polar surface area (TPSA) is 81.8 Å². The van der Waals surface area contributed by atoms with Gasteiger partial charge in [-0.05, 0) is 55.7 Å². The van der Waals surface area contributed by atoms with E-state index in [2.05, 4.69) is 0 Å². The van der Waals surface area contributed by atoms with E-state index in [4.69, 9.17) is 20.3 Å². The Bertz CT molecular complexity index is 604. The summed E-state index contributed by atoms with van der Waals surface area (Å²) in [5.41, 5.74) is 5.44. The number of hydrogen-bond donors (Lipinski definition) is 2. The van der Waals surface area contributed by atoms with Crippen molar-refractivity contribution in [2.75, 3.05) is 6.61 Å². The number of aliphatic carboxylic acids is 1. The molecule has 2 aromatic rings. The van der Waals surface area contributed by atoms with Gasteiger partial charge in [-0.2, -0.15) is 0 Å². The van der Waals surface area contributed by atoms with E-state index >= 15 is 0 Å². The molecule has 0 radical (unpaired) electrons. The van der Waals surface area contributed by atoms with Crippen LogP contribution in [-0.2, 0) is 4.79 Å². The van der Waals surface area contributed by atoms with E-state index in [9.17, 15) is 4.79 Å². The summed E-state index contributed by atoms with van der Waals surface area (Å²) >= 11 is 0. The third-order valence-electron chi connectivity index (χ3n) is 3.30. The normalized spacial score (nSPS) is 11.2. The Hall–Kier alpha value is -2.05. The average Bonchev–Trinajstić information content (AvgIpc) is 2.56. The van der Waals surface area contributed by atoms with Gasteiger partial charge in [0.25, 0.3) is 0 Å². The zero-order valence-electron chi connectivity index (χ0n) is 13.3. The lowest BCUT2D eigenvalue weighted by molar-refractivity contribution is -0.138. The van der Waals surface area contributed by atoms with Gasteiger partial charge in [0.2, 0.25) is 0 Å². The minimum atomic E-state index is -0.958. The summed E-state index contributed by atoms with van der Waals surface area (Å²) in [6, 6.07) is 16.2. The van der Waals surface area contributed by atoms with Crippen LogP contribution in [0.5, 0.6) is 17.2 Å². The van der Waals surface area contributed by atoms with Crippen LogP contribution in [0.3, 0.4) is 0 Å². The molecule has 0 saturated heterocycles. The second-order valence-corrected chi connectivity index (χ2v) is 5.18. The summed E-state index contributed by atoms with van der Waals surface area (Å²) < 4.78 is 11.3. The van der Waals surface area contributed by atoms with Crippen molar-refractivity contribution in [1.29, 1.82) is 0 Å². The molecule has 2 aromatic carbocycles. The van der Waals surface area contributed by atoms with Crippen molar-refractivity contribution >= 4 is 23.0 Å². The molecule has 1 atom stereocenters. The molecule has 0 saturated carbocycles. The maximum atomic E-state index is 10.6. The van der Waals surface area contributed by atoms with E-state index in [0.29, 0.717) is 13.0 Å². The lowest BCUT2D eigenvalue weighted by Crippen LogP contribution is -2.29. The van der Waals surface area contributed by atoms with Crippen LogP contribution < -0.4 is 15.2 Å². The third-order valence-corrected chi connectivity index (χ3v) is 3.30. The van der Waals surface area contributed by atoms with E-state index in [1.165, 1.54) is 0 Å². The molecule has 130 valence electrons. The molecule has 24 heavy (non-hydrogen) atoms. The SMILES string of the molecule is Br.NC(CCCCOc1ccc(Oc2ccccc2)cc1)C(=O)O. The highest BCUT2D eigenvalue weighted by molar-refractivity contribution is 8.93. The number of nitrogens with two attached hydrogens (primary N) is 1. The smallest absolute Gasteiger partial charge is 0.320 e. The minimum absolute atomic E-state index is 0. The fraction of sp³-hybridized carbons (Fsp3) is 0.278. The van der Waals surface area contributed by atoms with Crippen molar-refractivity contribution in [3.8, 4) is 17.2 Å². The molecule has 0 amide bonds. The Morgan fingerprint density at radius 3 is 2.17 bits per heavy atom. The van der Waals surface area contributed by atoms with Gasteiger partial charge in [-0.25, -0.2) is 0 Å². The standard InChI is InChI=1S/C18H21NO4.BrH/c19-17(18(20)21)8-4-5-13-22-14-9-11-16(12-10-14)23-15-6-2-1-3-7-15;/h1-3,6-7,9-12,17H,4-5,8,13,19H2,(H,20,21);1H. The molecule has 3 N–H and O–H groups in total. The first-order valence-corrected chi connectivity index (χ1v) is 7.59. The Morgan fingerprint density at radius 1 is 0.958 bits per heavy atom. The van der Waals surface area contributed by atoms with E-state index < -0.39 is 12.0 Å². The number of unbranched alkanes of at least 4 members (excludes halogenated alkanes) is 1. The predicted octanol–water partition coefficient (Wildman–Crippen LogP) is 4.02. The quantitative estimate of drug-likeness (QED) is 0.626. The second-order valence-electron chi connectivity index (χ2n) is 5.18. The monoisotopic (exact) mass is 395 g/mol. The zero-order chi connectivity index (χ0) is 16.5. The van der Waals surface area contributed by atoms with Crippen molar-refractivity contribution in [3.05, 3.63) is 54.6 Å². The number of carboxylic acid groups (broad SMARTS) is 1. The number of benzene rings is 2. The van der Waals surface area contributed by atoms with Gasteiger partial charge in [-0.1, -0.05) is 18.2 Å². The van der Waals surface area contributed by atoms with Crippen LogP contribution in [0.25, 0.3) is 0 Å². The molecule has 0 fully saturated rings. The molecule has 0 bridgehead atoms. The number of carbonyl (C=O) groups is 1. The molecule has 0 heterocycles. The number of hydrogen-bond acceptors (Lipinski definition) is 4. The molecule has 2 rings (SSSR count). The highest BCUT2D eigenvalue weighted by Crippen LogP contribution is 2.23. The lowest BCUT2D eigenvalue weighted by Gasteiger charge is -2.09. The van der Waals surface area contributed by atoms with E-state index in [-0.39, 0.29) is 17.0 Å². The molecular formula is C18H22BrNO4. The summed E-state index contributed by atoms with van der Waals surface area (Å²) in [5.74, 6) is 1.33. The van der Waals surface area contributed by atoms with Gasteiger partial charge in [0.1, 0.15) is 23.3 Å². The van der Waals surface area contributed by atoms with Gasteiger partial charge < -0.3 is 20.3 Å². The minimum Gasteiger partial charge on any atom is -0.494 e. The molecule has 0 aliphatic rings. The van der Waals surface area contributed by atoms with E-state index in [1.54, 1.807) is 0 Å². The number of ether oxygens (including phenoxy) is 2. The predicted molar refractivity (Wildman–Crippen MR) is 98.2 cm³/mol. The second kappa shape index (κ2) is 10.7. The Kier molecular flexibility index (Phi) is 8.89. The lowest BCUT2D eigenvalue weighted by atomic mass is 10.1.